The van der Waals surface area contributed by atoms with Gasteiger partial charge in [0.1, 0.15) is 5.78 Å². The van der Waals surface area contributed by atoms with E-state index >= 15 is 0 Å². The highest BCUT2D eigenvalue weighted by Crippen LogP contribution is 2.43. The summed E-state index contributed by atoms with van der Waals surface area (Å²) >= 11 is 0. The van der Waals surface area contributed by atoms with Gasteiger partial charge in [-0.15, -0.1) is 0 Å². The molecule has 0 amide bonds. The van der Waals surface area contributed by atoms with E-state index in [-0.39, 0.29) is 5.41 Å². The molecule has 1 aliphatic rings. The lowest BCUT2D eigenvalue weighted by Gasteiger charge is -2.27. The van der Waals surface area contributed by atoms with Crippen molar-refractivity contribution in [2.24, 2.45) is 11.3 Å². The number of rotatable bonds is 4. The molecule has 0 aromatic carbocycles. The molecule has 0 heterocycles. The molecule has 1 rings (SSSR count). The molecule has 0 radical (unpaired) electrons. The van der Waals surface area contributed by atoms with Crippen molar-refractivity contribution in [2.45, 2.75) is 47.0 Å². The van der Waals surface area contributed by atoms with Crippen LogP contribution in [0.2, 0.25) is 0 Å². The lowest BCUT2D eigenvalue weighted by Crippen LogP contribution is -2.18. The van der Waals surface area contributed by atoms with Gasteiger partial charge in [0.05, 0.1) is 0 Å². The molecule has 0 saturated carbocycles. The number of ketones is 1. The van der Waals surface area contributed by atoms with Crippen molar-refractivity contribution in [1.82, 2.24) is 0 Å². The van der Waals surface area contributed by atoms with Crippen molar-refractivity contribution in [1.29, 1.82) is 0 Å². The largest absolute Gasteiger partial charge is 0.299 e. The van der Waals surface area contributed by atoms with E-state index in [1.807, 2.05) is 13.0 Å². The Morgan fingerprint density at radius 2 is 2.27 bits per heavy atom. The minimum Gasteiger partial charge on any atom is -0.299 e. The zero-order valence-electron chi connectivity index (χ0n) is 10.3. The van der Waals surface area contributed by atoms with Crippen LogP contribution in [0.25, 0.3) is 0 Å². The van der Waals surface area contributed by atoms with Crippen LogP contribution >= 0.6 is 0 Å². The van der Waals surface area contributed by atoms with Crippen LogP contribution in [0.5, 0.6) is 0 Å². The summed E-state index contributed by atoms with van der Waals surface area (Å²) in [4.78, 5) is 11.1. The summed E-state index contributed by atoms with van der Waals surface area (Å²) in [5.74, 6) is 0.897. The summed E-state index contributed by atoms with van der Waals surface area (Å²) in [5, 5.41) is 0. The molecule has 0 aliphatic heterocycles. The monoisotopic (exact) mass is 206 g/mol. The fourth-order valence-electron chi connectivity index (χ4n) is 1.98. The standard InChI is InChI=1S/C14H22O/c1-5-13(15)8-6-7-12-10-9-11(2)14(12,3)4/h6-7,9,12H,5,8,10H2,1-4H3/b7-6+. The predicted octanol–water partition coefficient (Wildman–Crippen LogP) is 3.90. The van der Waals surface area contributed by atoms with Gasteiger partial charge in [0.25, 0.3) is 0 Å². The Kier molecular flexibility index (Phi) is 3.90. The maximum absolute atomic E-state index is 11.1. The van der Waals surface area contributed by atoms with Crippen LogP contribution in [0.4, 0.5) is 0 Å². The van der Waals surface area contributed by atoms with Gasteiger partial charge < -0.3 is 0 Å². The molecule has 0 aromatic rings. The van der Waals surface area contributed by atoms with Gasteiger partial charge in [0, 0.05) is 12.8 Å². The van der Waals surface area contributed by atoms with Gasteiger partial charge in [-0.2, -0.15) is 0 Å². The molecule has 15 heavy (non-hydrogen) atoms. The third-order valence-corrected chi connectivity index (χ3v) is 3.73. The second kappa shape index (κ2) is 4.78. The van der Waals surface area contributed by atoms with Crippen LogP contribution in [0.3, 0.4) is 0 Å². The molecular formula is C14H22O. The van der Waals surface area contributed by atoms with Gasteiger partial charge in [-0.3, -0.25) is 4.79 Å². The van der Waals surface area contributed by atoms with Crippen LogP contribution in [0.1, 0.15) is 47.0 Å². The van der Waals surface area contributed by atoms with E-state index in [2.05, 4.69) is 32.9 Å². The van der Waals surface area contributed by atoms with E-state index in [0.29, 0.717) is 24.5 Å². The Bertz CT molecular complexity index is 294. The van der Waals surface area contributed by atoms with Gasteiger partial charge in [0.15, 0.2) is 0 Å². The van der Waals surface area contributed by atoms with E-state index in [1.165, 1.54) is 5.57 Å². The maximum Gasteiger partial charge on any atom is 0.136 e. The summed E-state index contributed by atoms with van der Waals surface area (Å²) in [7, 11) is 0. The summed E-state index contributed by atoms with van der Waals surface area (Å²) < 4.78 is 0. The Labute approximate surface area is 93.3 Å². The number of carbonyl (C=O) groups excluding carboxylic acids is 1. The molecule has 1 heteroatoms. The van der Waals surface area contributed by atoms with E-state index in [9.17, 15) is 4.79 Å². The fourth-order valence-corrected chi connectivity index (χ4v) is 1.98. The van der Waals surface area contributed by atoms with Crippen LogP contribution in [-0.2, 0) is 4.79 Å². The maximum atomic E-state index is 11.1. The van der Waals surface area contributed by atoms with E-state index in [1.54, 1.807) is 0 Å². The molecule has 1 aliphatic carbocycles. The first-order valence-electron chi connectivity index (χ1n) is 5.84. The molecule has 1 unspecified atom stereocenters. The van der Waals surface area contributed by atoms with Gasteiger partial charge in [-0.05, 0) is 24.7 Å². The van der Waals surface area contributed by atoms with Crippen molar-refractivity contribution < 1.29 is 4.79 Å². The third-order valence-electron chi connectivity index (χ3n) is 3.73. The van der Waals surface area contributed by atoms with Crippen LogP contribution in [0, 0.1) is 11.3 Å². The van der Waals surface area contributed by atoms with E-state index in [4.69, 9.17) is 0 Å². The average molecular weight is 206 g/mol. The second-order valence-electron chi connectivity index (χ2n) is 4.98. The smallest absolute Gasteiger partial charge is 0.136 e. The molecule has 0 N–H and O–H groups in total. The number of Topliss-reactive ketones (excluding diaryl/α,β-unsaturated/α-hetero) is 1. The minimum absolute atomic E-state index is 0.270. The first kappa shape index (κ1) is 12.2. The minimum atomic E-state index is 0.270. The molecule has 84 valence electrons. The lowest BCUT2D eigenvalue weighted by molar-refractivity contribution is -0.117. The van der Waals surface area contributed by atoms with E-state index < -0.39 is 0 Å². The molecular weight excluding hydrogens is 184 g/mol. The summed E-state index contributed by atoms with van der Waals surface area (Å²) in [6.45, 7) is 8.68. The fraction of sp³-hybridized carbons (Fsp3) is 0.643. The van der Waals surface area contributed by atoms with Crippen LogP contribution in [-0.4, -0.2) is 5.78 Å². The van der Waals surface area contributed by atoms with Gasteiger partial charge in [-0.25, -0.2) is 0 Å². The zero-order chi connectivity index (χ0) is 11.5. The number of hydrogen-bond donors (Lipinski definition) is 0. The highest BCUT2D eigenvalue weighted by molar-refractivity contribution is 5.79. The molecule has 0 bridgehead atoms. The van der Waals surface area contributed by atoms with Crippen LogP contribution < -0.4 is 0 Å². The van der Waals surface area contributed by atoms with Crippen LogP contribution in [0.15, 0.2) is 23.8 Å². The molecule has 0 spiro atoms. The van der Waals surface area contributed by atoms with Crippen molar-refractivity contribution in [2.75, 3.05) is 0 Å². The van der Waals surface area contributed by atoms with Gasteiger partial charge >= 0.3 is 0 Å². The average Bonchev–Trinajstić information content (AvgIpc) is 2.44. The van der Waals surface area contributed by atoms with Crippen molar-refractivity contribution in [3.05, 3.63) is 23.8 Å². The highest BCUT2D eigenvalue weighted by atomic mass is 16.1. The number of carbonyl (C=O) groups is 1. The molecule has 0 saturated heterocycles. The first-order chi connectivity index (χ1) is 6.98. The van der Waals surface area contributed by atoms with Crippen molar-refractivity contribution >= 4 is 5.78 Å². The van der Waals surface area contributed by atoms with Gasteiger partial charge in [-0.1, -0.05) is 44.6 Å². The molecule has 1 atom stereocenters. The zero-order valence-corrected chi connectivity index (χ0v) is 10.3. The SMILES string of the molecule is CCC(=O)C/C=C/C1CC=C(C)C1(C)C. The quantitative estimate of drug-likeness (QED) is 0.637. The van der Waals surface area contributed by atoms with Crippen molar-refractivity contribution in [3.8, 4) is 0 Å². The molecule has 0 fully saturated rings. The Morgan fingerprint density at radius 1 is 1.60 bits per heavy atom. The normalized spacial score (nSPS) is 24.5. The summed E-state index contributed by atoms with van der Waals surface area (Å²) in [6, 6.07) is 0. The number of hydrogen-bond acceptors (Lipinski definition) is 1. The Balaban J connectivity index is 2.51. The molecule has 1 nitrogen and oxygen atoms in total. The summed E-state index contributed by atoms with van der Waals surface area (Å²) in [6.07, 6.45) is 8.95. The molecule has 0 aromatic heterocycles. The highest BCUT2D eigenvalue weighted by Gasteiger charge is 2.32. The van der Waals surface area contributed by atoms with Crippen molar-refractivity contribution in [3.63, 3.8) is 0 Å². The number of allylic oxidation sites excluding steroid dienone is 4. The Hall–Kier alpha value is -0.850. The Morgan fingerprint density at radius 3 is 2.73 bits per heavy atom. The topological polar surface area (TPSA) is 17.1 Å². The van der Waals surface area contributed by atoms with E-state index in [0.717, 1.165) is 6.42 Å². The van der Waals surface area contributed by atoms with Gasteiger partial charge in [0.2, 0.25) is 0 Å². The lowest BCUT2D eigenvalue weighted by atomic mass is 9.77. The third kappa shape index (κ3) is 2.80. The predicted molar refractivity (Wildman–Crippen MR) is 64.7 cm³/mol. The first-order valence-corrected chi connectivity index (χ1v) is 5.84. The second-order valence-corrected chi connectivity index (χ2v) is 4.98. The summed E-state index contributed by atoms with van der Waals surface area (Å²) in [5.41, 5.74) is 1.74.